The summed E-state index contributed by atoms with van der Waals surface area (Å²) in [5, 5.41) is 5.79. The van der Waals surface area contributed by atoms with Crippen LogP contribution in [0, 0.1) is 19.8 Å². The topological polar surface area (TPSA) is 97.0 Å². The van der Waals surface area contributed by atoms with Gasteiger partial charge in [-0.2, -0.15) is 0 Å². The van der Waals surface area contributed by atoms with Crippen molar-refractivity contribution in [2.24, 2.45) is 5.92 Å². The first-order valence-corrected chi connectivity index (χ1v) is 13.9. The van der Waals surface area contributed by atoms with Crippen molar-refractivity contribution < 1.29 is 23.9 Å². The SMILES string of the molecule is CCC(C)(C)N(C(=O)C(NC(=O)OC(C)(C)C)C(C)C)C(C(=O)Nc1ccc(OC)cc1)c1cc(C)ccc1C. The second-order valence-electron chi connectivity index (χ2n) is 12.2. The highest BCUT2D eigenvalue weighted by molar-refractivity contribution is 5.99. The maximum absolute atomic E-state index is 14.5. The molecule has 2 unspecified atom stereocenters. The van der Waals surface area contributed by atoms with Crippen LogP contribution in [0.15, 0.2) is 42.5 Å². The molecule has 0 aromatic heterocycles. The fourth-order valence-electron chi connectivity index (χ4n) is 4.38. The maximum Gasteiger partial charge on any atom is 0.408 e. The summed E-state index contributed by atoms with van der Waals surface area (Å²) in [4.78, 5) is 43.1. The molecule has 220 valence electrons. The van der Waals surface area contributed by atoms with E-state index in [4.69, 9.17) is 9.47 Å². The molecule has 2 rings (SSSR count). The maximum atomic E-state index is 14.5. The molecule has 0 bridgehead atoms. The van der Waals surface area contributed by atoms with Crippen molar-refractivity contribution in [1.29, 1.82) is 0 Å². The minimum Gasteiger partial charge on any atom is -0.497 e. The van der Waals surface area contributed by atoms with Gasteiger partial charge < -0.3 is 25.0 Å². The van der Waals surface area contributed by atoms with E-state index in [1.165, 1.54) is 0 Å². The van der Waals surface area contributed by atoms with E-state index in [2.05, 4.69) is 10.6 Å². The first-order chi connectivity index (χ1) is 18.5. The van der Waals surface area contributed by atoms with Crippen LogP contribution in [0.4, 0.5) is 10.5 Å². The third kappa shape index (κ3) is 8.47. The van der Waals surface area contributed by atoms with Crippen molar-refractivity contribution in [2.75, 3.05) is 12.4 Å². The Labute approximate surface area is 239 Å². The number of carbonyl (C=O) groups is 3. The number of hydrogen-bond donors (Lipinski definition) is 2. The lowest BCUT2D eigenvalue weighted by Crippen LogP contribution is -2.60. The molecule has 0 heterocycles. The monoisotopic (exact) mass is 553 g/mol. The number of hydrogen-bond acceptors (Lipinski definition) is 5. The Balaban J connectivity index is 2.67. The number of amides is 3. The van der Waals surface area contributed by atoms with E-state index in [1.807, 2.05) is 66.7 Å². The number of ether oxygens (including phenoxy) is 2. The Bertz CT molecular complexity index is 1180. The van der Waals surface area contributed by atoms with Gasteiger partial charge in [0, 0.05) is 11.2 Å². The van der Waals surface area contributed by atoms with Gasteiger partial charge in [-0.1, -0.05) is 44.5 Å². The van der Waals surface area contributed by atoms with Crippen LogP contribution in [0.5, 0.6) is 5.75 Å². The number of methoxy groups -OCH3 is 1. The van der Waals surface area contributed by atoms with Crippen molar-refractivity contribution in [3.63, 3.8) is 0 Å². The number of benzene rings is 2. The Kier molecular flexibility index (Phi) is 10.8. The summed E-state index contributed by atoms with van der Waals surface area (Å²) in [5.74, 6) is -0.308. The van der Waals surface area contributed by atoms with Crippen LogP contribution in [-0.2, 0) is 14.3 Å². The predicted molar refractivity (Wildman–Crippen MR) is 159 cm³/mol. The molecule has 0 fully saturated rings. The van der Waals surface area contributed by atoms with Crippen LogP contribution in [0.25, 0.3) is 0 Å². The fourth-order valence-corrected chi connectivity index (χ4v) is 4.38. The van der Waals surface area contributed by atoms with E-state index < -0.39 is 29.3 Å². The summed E-state index contributed by atoms with van der Waals surface area (Å²) in [7, 11) is 1.58. The van der Waals surface area contributed by atoms with E-state index in [1.54, 1.807) is 57.0 Å². The molecule has 0 aliphatic carbocycles. The zero-order valence-corrected chi connectivity index (χ0v) is 26.0. The molecular weight excluding hydrogens is 506 g/mol. The largest absolute Gasteiger partial charge is 0.497 e. The van der Waals surface area contributed by atoms with E-state index in [-0.39, 0.29) is 17.7 Å². The molecule has 8 heteroatoms. The molecule has 2 aromatic rings. The Hall–Kier alpha value is -3.55. The van der Waals surface area contributed by atoms with Crippen LogP contribution in [0.3, 0.4) is 0 Å². The van der Waals surface area contributed by atoms with Crippen molar-refractivity contribution in [3.8, 4) is 5.75 Å². The molecule has 0 saturated heterocycles. The minimum absolute atomic E-state index is 0.265. The number of anilines is 1. The standard InChI is InChI=1S/C32H47N3O5/c1-12-32(9,10)35(29(37)26(20(2)3)34-30(38)40-31(6,7)8)27(25-19-21(4)13-14-22(25)5)28(36)33-23-15-17-24(39-11)18-16-23/h13-20,26-27H,12H2,1-11H3,(H,33,36)(H,34,38). The van der Waals surface area contributed by atoms with Crippen LogP contribution >= 0.6 is 0 Å². The highest BCUT2D eigenvalue weighted by atomic mass is 16.6. The second kappa shape index (κ2) is 13.2. The number of nitrogens with zero attached hydrogens (tertiary/aromatic N) is 1. The van der Waals surface area contributed by atoms with Gasteiger partial charge in [0.1, 0.15) is 23.4 Å². The smallest absolute Gasteiger partial charge is 0.408 e. The third-order valence-corrected chi connectivity index (χ3v) is 6.95. The van der Waals surface area contributed by atoms with Crippen molar-refractivity contribution in [1.82, 2.24) is 10.2 Å². The molecule has 8 nitrogen and oxygen atoms in total. The van der Waals surface area contributed by atoms with Gasteiger partial charge in [0.2, 0.25) is 5.91 Å². The predicted octanol–water partition coefficient (Wildman–Crippen LogP) is 6.56. The Morgan fingerprint density at radius 2 is 1.55 bits per heavy atom. The number of carbonyl (C=O) groups excluding carboxylic acids is 3. The summed E-state index contributed by atoms with van der Waals surface area (Å²) in [5.41, 5.74) is 1.69. The Morgan fingerprint density at radius 3 is 2.05 bits per heavy atom. The van der Waals surface area contributed by atoms with E-state index in [9.17, 15) is 14.4 Å². The van der Waals surface area contributed by atoms with Crippen LogP contribution in [0.2, 0.25) is 0 Å². The van der Waals surface area contributed by atoms with E-state index in [0.717, 1.165) is 16.7 Å². The van der Waals surface area contributed by atoms with Gasteiger partial charge in [0.05, 0.1) is 7.11 Å². The van der Waals surface area contributed by atoms with Gasteiger partial charge in [-0.05, 0) is 96.2 Å². The highest BCUT2D eigenvalue weighted by Crippen LogP contribution is 2.35. The minimum atomic E-state index is -0.967. The first-order valence-electron chi connectivity index (χ1n) is 13.9. The molecule has 2 aromatic carbocycles. The summed E-state index contributed by atoms with van der Waals surface area (Å²) < 4.78 is 10.7. The molecule has 0 aliphatic heterocycles. The molecule has 3 amide bonds. The number of rotatable bonds is 10. The number of nitrogens with one attached hydrogen (secondary N) is 2. The van der Waals surface area contributed by atoms with E-state index >= 15 is 0 Å². The zero-order chi connectivity index (χ0) is 30.4. The number of alkyl carbamates (subject to hydrolysis) is 1. The third-order valence-electron chi connectivity index (χ3n) is 6.95. The van der Waals surface area contributed by atoms with Gasteiger partial charge in [-0.3, -0.25) is 9.59 Å². The molecule has 0 aliphatic rings. The van der Waals surface area contributed by atoms with Gasteiger partial charge in [-0.15, -0.1) is 0 Å². The molecule has 0 radical (unpaired) electrons. The first kappa shape index (κ1) is 32.7. The summed E-state index contributed by atoms with van der Waals surface area (Å²) >= 11 is 0. The van der Waals surface area contributed by atoms with Crippen molar-refractivity contribution >= 4 is 23.6 Å². The average molecular weight is 554 g/mol. The summed E-state index contributed by atoms with van der Waals surface area (Å²) in [6.07, 6.45) is -0.104. The van der Waals surface area contributed by atoms with E-state index in [0.29, 0.717) is 17.9 Å². The molecule has 0 spiro atoms. The van der Waals surface area contributed by atoms with Gasteiger partial charge in [0.15, 0.2) is 0 Å². The Morgan fingerprint density at radius 1 is 0.950 bits per heavy atom. The quantitative estimate of drug-likeness (QED) is 0.347. The molecular formula is C32H47N3O5. The molecule has 40 heavy (non-hydrogen) atoms. The summed E-state index contributed by atoms with van der Waals surface area (Å²) in [6.45, 7) is 18.8. The van der Waals surface area contributed by atoms with Crippen molar-refractivity contribution in [3.05, 3.63) is 59.2 Å². The lowest BCUT2D eigenvalue weighted by atomic mass is 9.88. The molecule has 2 atom stereocenters. The van der Waals surface area contributed by atoms with Crippen LogP contribution in [-0.4, -0.2) is 47.1 Å². The van der Waals surface area contributed by atoms with Gasteiger partial charge >= 0.3 is 6.09 Å². The van der Waals surface area contributed by atoms with Crippen LogP contribution < -0.4 is 15.4 Å². The molecule has 0 saturated carbocycles. The number of aryl methyl sites for hydroxylation is 2. The van der Waals surface area contributed by atoms with Crippen LogP contribution in [0.1, 0.15) is 84.5 Å². The average Bonchev–Trinajstić information content (AvgIpc) is 2.86. The van der Waals surface area contributed by atoms with Gasteiger partial charge in [0.25, 0.3) is 5.91 Å². The fraction of sp³-hybridized carbons (Fsp3) is 0.531. The lowest BCUT2D eigenvalue weighted by Gasteiger charge is -2.45. The highest BCUT2D eigenvalue weighted by Gasteiger charge is 2.44. The lowest BCUT2D eigenvalue weighted by molar-refractivity contribution is -0.148. The zero-order valence-electron chi connectivity index (χ0n) is 26.0. The van der Waals surface area contributed by atoms with Gasteiger partial charge in [-0.25, -0.2) is 4.79 Å². The summed E-state index contributed by atoms with van der Waals surface area (Å²) in [6, 6.07) is 11.1. The second-order valence-corrected chi connectivity index (χ2v) is 12.2. The molecule has 2 N–H and O–H groups in total. The van der Waals surface area contributed by atoms with Crippen molar-refractivity contribution in [2.45, 2.75) is 98.9 Å². The normalized spacial score (nSPS) is 13.3.